The Bertz CT molecular complexity index is 1250. The first-order chi connectivity index (χ1) is 13.0. The monoisotopic (exact) mass is 365 g/mol. The molecule has 2 heterocycles. The Morgan fingerprint density at radius 3 is 2.48 bits per heavy atom. The van der Waals surface area contributed by atoms with Gasteiger partial charge in [0, 0.05) is 33.9 Å². The Hall–Kier alpha value is -3.54. The van der Waals surface area contributed by atoms with E-state index in [1.807, 2.05) is 31.2 Å². The normalized spacial score (nSPS) is 11.1. The van der Waals surface area contributed by atoms with Crippen LogP contribution in [0.25, 0.3) is 33.3 Å². The summed E-state index contributed by atoms with van der Waals surface area (Å²) in [7, 11) is 0. The summed E-state index contributed by atoms with van der Waals surface area (Å²) < 4.78 is 28.6. The van der Waals surface area contributed by atoms with Gasteiger partial charge in [0.1, 0.15) is 17.2 Å². The number of fused-ring (bicyclic) bond motifs is 1. The molecule has 4 rings (SSSR count). The minimum absolute atomic E-state index is 0.110. The minimum atomic E-state index is -0.764. The van der Waals surface area contributed by atoms with Gasteiger partial charge in [-0.15, -0.1) is 0 Å². The van der Waals surface area contributed by atoms with Gasteiger partial charge < -0.3 is 4.98 Å². The van der Waals surface area contributed by atoms with Gasteiger partial charge in [0.2, 0.25) is 11.8 Å². The number of nitrogens with zero attached hydrogens (tertiary/aromatic N) is 1. The number of halogens is 2. The van der Waals surface area contributed by atoms with E-state index in [-0.39, 0.29) is 5.56 Å². The molecule has 0 saturated heterocycles. The summed E-state index contributed by atoms with van der Waals surface area (Å²) in [5, 5.41) is 10.9. The van der Waals surface area contributed by atoms with Crippen LogP contribution in [0.15, 0.2) is 65.6 Å². The molecule has 27 heavy (non-hydrogen) atoms. The van der Waals surface area contributed by atoms with Crippen LogP contribution in [-0.4, -0.2) is 10.2 Å². The Balaban J connectivity index is 2.12. The van der Waals surface area contributed by atoms with Crippen LogP contribution in [0, 0.1) is 18.6 Å². The fourth-order valence-corrected chi connectivity index (χ4v) is 3.29. The SMILES string of the molecule is Cc1ccccc1-c1c2[nH]c(=O)cc(-c3ccc(F)cc3F)c2cc[n+]1O. The number of hydrogen-bond acceptors (Lipinski definition) is 2. The molecule has 0 atom stereocenters. The molecule has 2 aromatic heterocycles. The van der Waals surface area contributed by atoms with E-state index in [1.54, 1.807) is 6.07 Å². The number of aryl methyl sites for hydroxylation is 1. The first-order valence-corrected chi connectivity index (χ1v) is 8.28. The molecule has 6 heteroatoms. The highest BCUT2D eigenvalue weighted by molar-refractivity contribution is 5.99. The summed E-state index contributed by atoms with van der Waals surface area (Å²) in [5.41, 5.74) is 2.33. The fraction of sp³-hybridized carbons (Fsp3) is 0.0476. The van der Waals surface area contributed by atoms with Crippen LogP contribution in [0.4, 0.5) is 8.78 Å². The van der Waals surface area contributed by atoms with Crippen molar-refractivity contribution in [3.05, 3.63) is 88.3 Å². The molecule has 4 aromatic rings. The van der Waals surface area contributed by atoms with Crippen LogP contribution in [0.5, 0.6) is 0 Å². The van der Waals surface area contributed by atoms with Gasteiger partial charge in [-0.2, -0.15) is 0 Å². The minimum Gasteiger partial charge on any atom is -0.316 e. The van der Waals surface area contributed by atoms with Crippen molar-refractivity contribution >= 4 is 10.9 Å². The lowest BCUT2D eigenvalue weighted by Gasteiger charge is -2.10. The fourth-order valence-electron chi connectivity index (χ4n) is 3.29. The van der Waals surface area contributed by atoms with E-state index >= 15 is 0 Å². The number of nitrogens with one attached hydrogen (secondary N) is 1. The Morgan fingerprint density at radius 1 is 0.963 bits per heavy atom. The quantitative estimate of drug-likeness (QED) is 0.417. The number of aromatic nitrogens is 2. The van der Waals surface area contributed by atoms with Gasteiger partial charge in [0.15, 0.2) is 0 Å². The predicted octanol–water partition coefficient (Wildman–Crippen LogP) is 3.97. The molecule has 0 aliphatic rings. The zero-order valence-corrected chi connectivity index (χ0v) is 14.3. The lowest BCUT2D eigenvalue weighted by molar-refractivity contribution is -0.895. The molecule has 2 aromatic carbocycles. The van der Waals surface area contributed by atoms with Crippen LogP contribution in [0.1, 0.15) is 5.56 Å². The maximum Gasteiger partial charge on any atom is 0.288 e. The lowest BCUT2D eigenvalue weighted by atomic mass is 9.98. The van der Waals surface area contributed by atoms with E-state index < -0.39 is 17.2 Å². The molecule has 0 radical (unpaired) electrons. The van der Waals surface area contributed by atoms with E-state index in [1.165, 1.54) is 18.3 Å². The summed E-state index contributed by atoms with van der Waals surface area (Å²) in [5.74, 6) is -1.46. The molecule has 0 fully saturated rings. The van der Waals surface area contributed by atoms with Crippen molar-refractivity contribution in [2.75, 3.05) is 0 Å². The number of benzene rings is 2. The molecule has 0 unspecified atom stereocenters. The topological polar surface area (TPSA) is 57.0 Å². The zero-order chi connectivity index (χ0) is 19.1. The Morgan fingerprint density at radius 2 is 1.74 bits per heavy atom. The van der Waals surface area contributed by atoms with E-state index in [9.17, 15) is 18.8 Å². The first kappa shape index (κ1) is 16.9. The summed E-state index contributed by atoms with van der Waals surface area (Å²) in [4.78, 5) is 15.0. The van der Waals surface area contributed by atoms with E-state index in [0.29, 0.717) is 22.2 Å². The maximum absolute atomic E-state index is 14.4. The largest absolute Gasteiger partial charge is 0.316 e. The molecule has 0 aliphatic carbocycles. The lowest BCUT2D eigenvalue weighted by Crippen LogP contribution is -2.33. The van der Waals surface area contributed by atoms with Crippen molar-refractivity contribution in [3.63, 3.8) is 0 Å². The van der Waals surface area contributed by atoms with E-state index in [0.717, 1.165) is 28.0 Å². The second-order valence-electron chi connectivity index (χ2n) is 6.28. The summed E-state index contributed by atoms with van der Waals surface area (Å²) >= 11 is 0. The van der Waals surface area contributed by atoms with E-state index in [2.05, 4.69) is 4.98 Å². The molecular formula is C21H15F2N2O2+. The van der Waals surface area contributed by atoms with Crippen molar-refractivity contribution < 1.29 is 18.7 Å². The van der Waals surface area contributed by atoms with Crippen molar-refractivity contribution in [1.29, 1.82) is 0 Å². The zero-order valence-electron chi connectivity index (χ0n) is 14.3. The first-order valence-electron chi connectivity index (χ1n) is 8.28. The van der Waals surface area contributed by atoms with Crippen LogP contribution < -0.4 is 10.3 Å². The maximum atomic E-state index is 14.4. The van der Waals surface area contributed by atoms with E-state index in [4.69, 9.17) is 0 Å². The van der Waals surface area contributed by atoms with Gasteiger partial charge in [-0.25, -0.2) is 8.78 Å². The van der Waals surface area contributed by atoms with Crippen molar-refractivity contribution in [2.45, 2.75) is 6.92 Å². The van der Waals surface area contributed by atoms with Crippen molar-refractivity contribution in [2.24, 2.45) is 0 Å². The molecule has 0 bridgehead atoms. The van der Waals surface area contributed by atoms with Gasteiger partial charge in [-0.3, -0.25) is 10.0 Å². The number of H-pyrrole nitrogens is 1. The molecular weight excluding hydrogens is 350 g/mol. The highest BCUT2D eigenvalue weighted by atomic mass is 19.1. The molecule has 0 aliphatic heterocycles. The number of rotatable bonds is 2. The van der Waals surface area contributed by atoms with Gasteiger partial charge in [-0.05, 0) is 36.2 Å². The predicted molar refractivity (Wildman–Crippen MR) is 97.5 cm³/mol. The third kappa shape index (κ3) is 2.85. The van der Waals surface area contributed by atoms with Gasteiger partial charge in [-0.1, -0.05) is 18.2 Å². The summed E-state index contributed by atoms with van der Waals surface area (Å²) in [6.45, 7) is 1.88. The standard InChI is InChI=1S/C21H14F2N2O2/c1-12-4-2-3-5-14(12)21-20-16(8-9-25(21)27)17(11-19(26)24-20)15-7-6-13(22)10-18(15)23/h2-11H,1H3,(H-,24,26,27)/p+1. The van der Waals surface area contributed by atoms with Crippen LogP contribution in [-0.2, 0) is 0 Å². The smallest absolute Gasteiger partial charge is 0.288 e. The van der Waals surface area contributed by atoms with Gasteiger partial charge >= 0.3 is 0 Å². The van der Waals surface area contributed by atoms with Crippen LogP contribution in [0.2, 0.25) is 0 Å². The third-order valence-electron chi connectivity index (χ3n) is 4.55. The second-order valence-corrected chi connectivity index (χ2v) is 6.28. The number of hydrogen-bond donors (Lipinski definition) is 2. The molecule has 134 valence electrons. The second kappa shape index (κ2) is 6.32. The highest BCUT2D eigenvalue weighted by Gasteiger charge is 2.23. The molecule has 0 spiro atoms. The van der Waals surface area contributed by atoms with Crippen molar-refractivity contribution in [1.82, 2.24) is 4.98 Å². The van der Waals surface area contributed by atoms with Crippen molar-refractivity contribution in [3.8, 4) is 22.4 Å². The molecule has 0 amide bonds. The average Bonchev–Trinajstić information content (AvgIpc) is 2.62. The molecule has 4 nitrogen and oxygen atoms in total. The molecule has 2 N–H and O–H groups in total. The summed E-state index contributed by atoms with van der Waals surface area (Å²) in [6.07, 6.45) is 1.42. The highest BCUT2D eigenvalue weighted by Crippen LogP contribution is 2.32. The average molecular weight is 365 g/mol. The van der Waals surface area contributed by atoms with Gasteiger partial charge in [0.05, 0.1) is 5.56 Å². The van der Waals surface area contributed by atoms with Gasteiger partial charge in [0.25, 0.3) is 5.69 Å². The Kier molecular flexibility index (Phi) is 3.96. The van der Waals surface area contributed by atoms with Crippen LogP contribution in [0.3, 0.4) is 0 Å². The number of pyridine rings is 2. The van der Waals surface area contributed by atoms with Crippen LogP contribution >= 0.6 is 0 Å². The molecule has 0 saturated carbocycles. The number of aromatic amines is 1. The third-order valence-corrected chi connectivity index (χ3v) is 4.55. The Labute approximate surface area is 152 Å². The summed E-state index contributed by atoms with van der Waals surface area (Å²) in [6, 6.07) is 13.5.